The van der Waals surface area contributed by atoms with Crippen molar-refractivity contribution in [1.29, 1.82) is 0 Å². The quantitative estimate of drug-likeness (QED) is 0.638. The topological polar surface area (TPSA) is 90.9 Å². The molecule has 2 N–H and O–H groups in total. The Bertz CT molecular complexity index is 987. The van der Waals surface area contributed by atoms with Crippen molar-refractivity contribution in [3.63, 3.8) is 0 Å². The molecule has 0 radical (unpaired) electrons. The van der Waals surface area contributed by atoms with Gasteiger partial charge in [0.05, 0.1) is 12.3 Å². The summed E-state index contributed by atoms with van der Waals surface area (Å²) in [4.78, 5) is 37.7. The number of benzene rings is 2. The van der Waals surface area contributed by atoms with E-state index in [1.165, 1.54) is 5.01 Å². The number of amides is 3. The van der Waals surface area contributed by atoms with Crippen molar-refractivity contribution >= 4 is 23.4 Å². The van der Waals surface area contributed by atoms with E-state index in [4.69, 9.17) is 0 Å². The summed E-state index contributed by atoms with van der Waals surface area (Å²) in [6.45, 7) is 0.519. The Kier molecular flexibility index (Phi) is 6.94. The molecule has 32 heavy (non-hydrogen) atoms. The van der Waals surface area contributed by atoms with E-state index in [2.05, 4.69) is 15.7 Å². The molecule has 7 heteroatoms. The molecule has 1 aliphatic heterocycles. The molecule has 166 valence electrons. The van der Waals surface area contributed by atoms with Crippen LogP contribution in [0.5, 0.6) is 0 Å². The summed E-state index contributed by atoms with van der Waals surface area (Å²) in [6.07, 6.45) is 3.15. The predicted octanol–water partition coefficient (Wildman–Crippen LogP) is 2.41. The van der Waals surface area contributed by atoms with Gasteiger partial charge in [-0.25, -0.2) is 5.01 Å². The molecule has 2 aromatic carbocycles. The highest BCUT2D eigenvalue weighted by atomic mass is 16.2. The van der Waals surface area contributed by atoms with Gasteiger partial charge < -0.3 is 10.6 Å². The van der Waals surface area contributed by atoms with E-state index in [1.54, 1.807) is 0 Å². The van der Waals surface area contributed by atoms with E-state index < -0.39 is 6.04 Å². The smallest absolute Gasteiger partial charge is 0.243 e. The molecule has 2 aliphatic rings. The highest BCUT2D eigenvalue weighted by Gasteiger charge is 2.29. The number of nitrogens with one attached hydrogen (secondary N) is 2. The Morgan fingerprint density at radius 2 is 1.66 bits per heavy atom. The molecule has 1 atom stereocenters. The fourth-order valence-corrected chi connectivity index (χ4v) is 3.68. The number of hydrazone groups is 1. The Balaban J connectivity index is 1.30. The predicted molar refractivity (Wildman–Crippen MR) is 122 cm³/mol. The van der Waals surface area contributed by atoms with Crippen molar-refractivity contribution < 1.29 is 14.4 Å². The monoisotopic (exact) mass is 432 g/mol. The second-order valence-electron chi connectivity index (χ2n) is 8.27. The molecule has 4 rings (SSSR count). The third kappa shape index (κ3) is 6.03. The molecule has 1 saturated carbocycles. The molecular weight excluding hydrogens is 404 g/mol. The second-order valence-corrected chi connectivity index (χ2v) is 8.27. The van der Waals surface area contributed by atoms with E-state index in [0.717, 1.165) is 29.7 Å². The SMILES string of the molecule is O=C(CCC(=O)N1CCC(c2ccccc2)=N1)NC(Cc1ccccc1)C(=O)NC1CC1. The molecule has 1 unspecified atom stereocenters. The Morgan fingerprint density at radius 1 is 0.969 bits per heavy atom. The van der Waals surface area contributed by atoms with Gasteiger partial charge >= 0.3 is 0 Å². The summed E-state index contributed by atoms with van der Waals surface area (Å²) < 4.78 is 0. The summed E-state index contributed by atoms with van der Waals surface area (Å²) in [5.41, 5.74) is 2.86. The van der Waals surface area contributed by atoms with Crippen LogP contribution in [0.4, 0.5) is 0 Å². The van der Waals surface area contributed by atoms with Crippen LogP contribution in [0.15, 0.2) is 65.8 Å². The summed E-state index contributed by atoms with van der Waals surface area (Å²) in [5.74, 6) is -0.669. The molecule has 1 aliphatic carbocycles. The van der Waals surface area contributed by atoms with Crippen LogP contribution in [0.2, 0.25) is 0 Å². The highest BCUT2D eigenvalue weighted by Crippen LogP contribution is 2.19. The zero-order chi connectivity index (χ0) is 22.3. The van der Waals surface area contributed by atoms with E-state index >= 15 is 0 Å². The van der Waals surface area contributed by atoms with Gasteiger partial charge in [0.2, 0.25) is 17.7 Å². The number of hydrogen-bond acceptors (Lipinski definition) is 4. The molecule has 0 aromatic heterocycles. The lowest BCUT2D eigenvalue weighted by molar-refractivity contribution is -0.134. The molecule has 2 aromatic rings. The van der Waals surface area contributed by atoms with Gasteiger partial charge in [0.15, 0.2) is 0 Å². The molecule has 3 amide bonds. The lowest BCUT2D eigenvalue weighted by Gasteiger charge is -2.19. The van der Waals surface area contributed by atoms with Gasteiger partial charge in [-0.2, -0.15) is 5.10 Å². The summed E-state index contributed by atoms with van der Waals surface area (Å²) in [5, 5.41) is 11.7. The summed E-state index contributed by atoms with van der Waals surface area (Å²) >= 11 is 0. The molecule has 7 nitrogen and oxygen atoms in total. The van der Waals surface area contributed by atoms with Gasteiger partial charge in [-0.1, -0.05) is 60.7 Å². The van der Waals surface area contributed by atoms with Crippen LogP contribution >= 0.6 is 0 Å². The normalized spacial score (nSPS) is 16.2. The van der Waals surface area contributed by atoms with Gasteiger partial charge in [-0.3, -0.25) is 14.4 Å². The maximum atomic E-state index is 12.6. The highest BCUT2D eigenvalue weighted by molar-refractivity contribution is 6.02. The van der Waals surface area contributed by atoms with Crippen LogP contribution in [0.25, 0.3) is 0 Å². The first-order valence-electron chi connectivity index (χ1n) is 11.2. The molecule has 1 heterocycles. The van der Waals surface area contributed by atoms with Crippen molar-refractivity contribution in [3.8, 4) is 0 Å². The first-order chi connectivity index (χ1) is 15.6. The van der Waals surface area contributed by atoms with Crippen LogP contribution in [-0.4, -0.2) is 47.1 Å². The lowest BCUT2D eigenvalue weighted by Crippen LogP contribution is -2.48. The van der Waals surface area contributed by atoms with Crippen LogP contribution in [0, 0.1) is 0 Å². The van der Waals surface area contributed by atoms with Crippen molar-refractivity contribution in [1.82, 2.24) is 15.6 Å². The third-order valence-corrected chi connectivity index (χ3v) is 5.62. The maximum Gasteiger partial charge on any atom is 0.243 e. The molecule has 0 spiro atoms. The fraction of sp³-hybridized carbons (Fsp3) is 0.360. The largest absolute Gasteiger partial charge is 0.352 e. The second kappa shape index (κ2) is 10.2. The zero-order valence-electron chi connectivity index (χ0n) is 18.0. The molecular formula is C25H28N4O3. The fourth-order valence-electron chi connectivity index (χ4n) is 3.68. The Hall–Kier alpha value is -3.48. The van der Waals surface area contributed by atoms with E-state index in [9.17, 15) is 14.4 Å². The van der Waals surface area contributed by atoms with Gasteiger partial charge in [0.1, 0.15) is 6.04 Å². The van der Waals surface area contributed by atoms with Crippen molar-refractivity contribution in [2.24, 2.45) is 5.10 Å². The molecule has 0 saturated heterocycles. The molecule has 1 fully saturated rings. The minimum Gasteiger partial charge on any atom is -0.352 e. The minimum atomic E-state index is -0.657. The Morgan fingerprint density at radius 3 is 2.34 bits per heavy atom. The number of rotatable bonds is 9. The van der Waals surface area contributed by atoms with E-state index in [1.807, 2.05) is 60.7 Å². The van der Waals surface area contributed by atoms with Crippen LogP contribution in [-0.2, 0) is 20.8 Å². The van der Waals surface area contributed by atoms with Gasteiger partial charge in [0, 0.05) is 31.7 Å². The average molecular weight is 433 g/mol. The molecule has 0 bridgehead atoms. The number of nitrogens with zero attached hydrogens (tertiary/aromatic N) is 2. The average Bonchev–Trinajstić information content (AvgIpc) is 3.49. The Labute approximate surface area is 187 Å². The van der Waals surface area contributed by atoms with E-state index in [-0.39, 0.29) is 36.6 Å². The van der Waals surface area contributed by atoms with Gasteiger partial charge in [-0.15, -0.1) is 0 Å². The number of carbonyl (C=O) groups is 3. The van der Waals surface area contributed by atoms with Crippen LogP contribution in [0.3, 0.4) is 0 Å². The van der Waals surface area contributed by atoms with Gasteiger partial charge in [-0.05, 0) is 24.0 Å². The third-order valence-electron chi connectivity index (χ3n) is 5.62. The first-order valence-corrected chi connectivity index (χ1v) is 11.2. The zero-order valence-corrected chi connectivity index (χ0v) is 18.0. The van der Waals surface area contributed by atoms with E-state index in [0.29, 0.717) is 19.4 Å². The first kappa shape index (κ1) is 21.7. The lowest BCUT2D eigenvalue weighted by atomic mass is 10.0. The van der Waals surface area contributed by atoms with Crippen molar-refractivity contribution in [2.45, 2.75) is 50.6 Å². The number of carbonyl (C=O) groups excluding carboxylic acids is 3. The minimum absolute atomic E-state index is 0.0214. The number of hydrogen-bond donors (Lipinski definition) is 2. The van der Waals surface area contributed by atoms with Crippen LogP contribution in [0.1, 0.15) is 43.2 Å². The van der Waals surface area contributed by atoms with Crippen LogP contribution < -0.4 is 10.6 Å². The summed E-state index contributed by atoms with van der Waals surface area (Å²) in [7, 11) is 0. The summed E-state index contributed by atoms with van der Waals surface area (Å²) in [6, 6.07) is 18.9. The van der Waals surface area contributed by atoms with Gasteiger partial charge in [0.25, 0.3) is 0 Å². The maximum absolute atomic E-state index is 12.6. The standard InChI is InChI=1S/C25H28N4O3/c30-23(13-14-24(31)29-16-15-21(28-29)19-9-5-2-6-10-19)27-22(25(32)26-20-11-12-20)17-18-7-3-1-4-8-18/h1-10,20,22H,11-17H2,(H,26,32)(H,27,30). The van der Waals surface area contributed by atoms with Crippen molar-refractivity contribution in [2.75, 3.05) is 6.54 Å². The van der Waals surface area contributed by atoms with Crippen molar-refractivity contribution in [3.05, 3.63) is 71.8 Å².